The first-order valence-corrected chi connectivity index (χ1v) is 7.38. The summed E-state index contributed by atoms with van der Waals surface area (Å²) in [6.07, 6.45) is 6.16. The molecule has 1 heterocycles. The monoisotopic (exact) mass is 288 g/mol. The van der Waals surface area contributed by atoms with E-state index >= 15 is 0 Å². The highest BCUT2D eigenvalue weighted by Gasteiger charge is 2.03. The fraction of sp³-hybridized carbons (Fsp3) is 0.412. The van der Waals surface area contributed by atoms with E-state index in [1.807, 2.05) is 24.3 Å². The Balaban J connectivity index is 1.77. The van der Waals surface area contributed by atoms with Crippen molar-refractivity contribution in [2.75, 3.05) is 13.7 Å². The second kappa shape index (κ2) is 7.74. The van der Waals surface area contributed by atoms with E-state index in [1.54, 1.807) is 7.11 Å². The Labute approximate surface area is 126 Å². The predicted octanol–water partition coefficient (Wildman–Crippen LogP) is 2.86. The van der Waals surface area contributed by atoms with Gasteiger partial charge in [0, 0.05) is 18.4 Å². The molecule has 0 aliphatic carbocycles. The summed E-state index contributed by atoms with van der Waals surface area (Å²) >= 11 is 0. The van der Waals surface area contributed by atoms with Crippen molar-refractivity contribution in [3.8, 4) is 11.5 Å². The van der Waals surface area contributed by atoms with Gasteiger partial charge in [-0.2, -0.15) is 0 Å². The van der Waals surface area contributed by atoms with Gasteiger partial charge in [0.1, 0.15) is 18.1 Å². The Morgan fingerprint density at radius 1 is 1.14 bits per heavy atom. The van der Waals surface area contributed by atoms with Gasteiger partial charge in [-0.3, -0.25) is 0 Å². The first-order chi connectivity index (χ1) is 10.2. The van der Waals surface area contributed by atoms with E-state index in [4.69, 9.17) is 15.2 Å². The average Bonchev–Trinajstić information content (AvgIpc) is 2.95. The summed E-state index contributed by atoms with van der Waals surface area (Å²) in [5.41, 5.74) is 7.26. The van der Waals surface area contributed by atoms with Gasteiger partial charge in [-0.05, 0) is 48.7 Å². The number of hydrogen-bond donors (Lipinski definition) is 1. The van der Waals surface area contributed by atoms with Crippen molar-refractivity contribution in [1.82, 2.24) is 4.57 Å². The maximum Gasteiger partial charge on any atom is 0.119 e. The third-order valence-corrected chi connectivity index (χ3v) is 3.51. The minimum absolute atomic E-state index is 0.247. The van der Waals surface area contributed by atoms with Gasteiger partial charge in [-0.15, -0.1) is 0 Å². The van der Waals surface area contributed by atoms with Crippen molar-refractivity contribution in [3.05, 3.63) is 48.3 Å². The number of nitrogens with zero attached hydrogens (tertiary/aromatic N) is 1. The van der Waals surface area contributed by atoms with Gasteiger partial charge < -0.3 is 19.8 Å². The van der Waals surface area contributed by atoms with Crippen LogP contribution in [-0.4, -0.2) is 24.3 Å². The molecule has 1 aromatic carbocycles. The second-order valence-corrected chi connectivity index (χ2v) is 5.15. The SMILES string of the molecule is CCC(N)Cc1ccn(CCOc2ccc(OC)cc2)c1. The largest absolute Gasteiger partial charge is 0.497 e. The first kappa shape index (κ1) is 15.4. The lowest BCUT2D eigenvalue weighted by molar-refractivity contribution is 0.298. The third kappa shape index (κ3) is 4.83. The molecule has 2 N–H and O–H groups in total. The second-order valence-electron chi connectivity index (χ2n) is 5.15. The van der Waals surface area contributed by atoms with E-state index in [-0.39, 0.29) is 6.04 Å². The zero-order valence-corrected chi connectivity index (χ0v) is 12.8. The molecule has 0 amide bonds. The Bertz CT molecular complexity index is 534. The van der Waals surface area contributed by atoms with Crippen LogP contribution in [0.15, 0.2) is 42.7 Å². The zero-order valence-electron chi connectivity index (χ0n) is 12.8. The molecule has 0 bridgehead atoms. The Morgan fingerprint density at radius 3 is 2.52 bits per heavy atom. The van der Waals surface area contributed by atoms with Gasteiger partial charge in [0.25, 0.3) is 0 Å². The maximum absolute atomic E-state index is 5.97. The highest BCUT2D eigenvalue weighted by molar-refractivity contribution is 5.31. The summed E-state index contributed by atoms with van der Waals surface area (Å²) in [7, 11) is 1.66. The van der Waals surface area contributed by atoms with Crippen LogP contribution < -0.4 is 15.2 Å². The van der Waals surface area contributed by atoms with Crippen LogP contribution in [0.5, 0.6) is 11.5 Å². The van der Waals surface area contributed by atoms with Crippen molar-refractivity contribution < 1.29 is 9.47 Å². The molecule has 21 heavy (non-hydrogen) atoms. The molecule has 0 saturated carbocycles. The van der Waals surface area contributed by atoms with E-state index in [1.165, 1.54) is 5.56 Å². The fourth-order valence-corrected chi connectivity index (χ4v) is 2.14. The van der Waals surface area contributed by atoms with E-state index in [2.05, 4.69) is 30.0 Å². The highest BCUT2D eigenvalue weighted by atomic mass is 16.5. The lowest BCUT2D eigenvalue weighted by Crippen LogP contribution is -2.21. The number of benzene rings is 1. The molecule has 114 valence electrons. The Hall–Kier alpha value is -1.94. The number of methoxy groups -OCH3 is 1. The van der Waals surface area contributed by atoms with Gasteiger partial charge in [0.15, 0.2) is 0 Å². The number of ether oxygens (including phenoxy) is 2. The van der Waals surface area contributed by atoms with Gasteiger partial charge in [-0.1, -0.05) is 6.92 Å². The molecule has 0 fully saturated rings. The lowest BCUT2D eigenvalue weighted by atomic mass is 10.1. The van der Waals surface area contributed by atoms with Crippen LogP contribution >= 0.6 is 0 Å². The third-order valence-electron chi connectivity index (χ3n) is 3.51. The first-order valence-electron chi connectivity index (χ1n) is 7.38. The van der Waals surface area contributed by atoms with Crippen LogP contribution in [0.2, 0.25) is 0 Å². The van der Waals surface area contributed by atoms with E-state index in [9.17, 15) is 0 Å². The van der Waals surface area contributed by atoms with Crippen molar-refractivity contribution in [2.24, 2.45) is 5.73 Å². The molecule has 0 radical (unpaired) electrons. The summed E-state index contributed by atoms with van der Waals surface area (Å²) in [6.45, 7) is 3.58. The van der Waals surface area contributed by atoms with Crippen molar-refractivity contribution >= 4 is 0 Å². The van der Waals surface area contributed by atoms with Crippen LogP contribution in [0.1, 0.15) is 18.9 Å². The standard InChI is InChI=1S/C17H24N2O2/c1-3-15(18)12-14-8-9-19(13-14)10-11-21-17-6-4-16(20-2)5-7-17/h4-9,13,15H,3,10-12,18H2,1-2H3. The fourth-order valence-electron chi connectivity index (χ4n) is 2.14. The maximum atomic E-state index is 5.97. The van der Waals surface area contributed by atoms with E-state index < -0.39 is 0 Å². The molecule has 0 saturated heterocycles. The summed E-state index contributed by atoms with van der Waals surface area (Å²) in [5, 5.41) is 0. The van der Waals surface area contributed by atoms with Crippen molar-refractivity contribution in [2.45, 2.75) is 32.4 Å². The normalized spacial score (nSPS) is 12.1. The van der Waals surface area contributed by atoms with Crippen LogP contribution in [0.25, 0.3) is 0 Å². The minimum atomic E-state index is 0.247. The van der Waals surface area contributed by atoms with Gasteiger partial charge in [0.2, 0.25) is 0 Å². The molecular formula is C17H24N2O2. The number of aromatic nitrogens is 1. The quantitative estimate of drug-likeness (QED) is 0.812. The van der Waals surface area contributed by atoms with Gasteiger partial charge in [-0.25, -0.2) is 0 Å². The molecule has 1 unspecified atom stereocenters. The number of rotatable bonds is 8. The van der Waals surface area contributed by atoms with Crippen LogP contribution in [-0.2, 0) is 13.0 Å². The van der Waals surface area contributed by atoms with Crippen molar-refractivity contribution in [3.63, 3.8) is 0 Å². The molecule has 0 aliphatic heterocycles. The topological polar surface area (TPSA) is 49.4 Å². The molecule has 1 atom stereocenters. The number of hydrogen-bond acceptors (Lipinski definition) is 3. The summed E-state index contributed by atoms with van der Waals surface area (Å²) in [4.78, 5) is 0. The predicted molar refractivity (Wildman–Crippen MR) is 84.9 cm³/mol. The Morgan fingerprint density at radius 2 is 1.86 bits per heavy atom. The summed E-state index contributed by atoms with van der Waals surface area (Å²) in [5.74, 6) is 1.70. The average molecular weight is 288 g/mol. The zero-order chi connectivity index (χ0) is 15.1. The molecule has 0 aliphatic rings. The summed E-state index contributed by atoms with van der Waals surface area (Å²) < 4.78 is 13.0. The molecule has 0 spiro atoms. The lowest BCUT2D eigenvalue weighted by Gasteiger charge is -2.08. The molecule has 4 heteroatoms. The van der Waals surface area contributed by atoms with Crippen LogP contribution in [0.3, 0.4) is 0 Å². The molecule has 1 aromatic heterocycles. The van der Waals surface area contributed by atoms with Gasteiger partial charge >= 0.3 is 0 Å². The molecule has 2 aromatic rings. The van der Waals surface area contributed by atoms with Gasteiger partial charge in [0.05, 0.1) is 13.7 Å². The minimum Gasteiger partial charge on any atom is -0.497 e. The number of nitrogens with two attached hydrogens (primary N) is 1. The Kier molecular flexibility index (Phi) is 5.69. The highest BCUT2D eigenvalue weighted by Crippen LogP contribution is 2.17. The smallest absolute Gasteiger partial charge is 0.119 e. The van der Waals surface area contributed by atoms with E-state index in [0.717, 1.165) is 30.9 Å². The van der Waals surface area contributed by atoms with Crippen LogP contribution in [0, 0.1) is 0 Å². The summed E-state index contributed by atoms with van der Waals surface area (Å²) in [6, 6.07) is 10.0. The molecule has 2 rings (SSSR count). The molecule has 4 nitrogen and oxygen atoms in total. The molecular weight excluding hydrogens is 264 g/mol. The van der Waals surface area contributed by atoms with E-state index in [0.29, 0.717) is 6.61 Å². The van der Waals surface area contributed by atoms with Crippen LogP contribution in [0.4, 0.5) is 0 Å². The van der Waals surface area contributed by atoms with Crippen molar-refractivity contribution in [1.29, 1.82) is 0 Å².